The molecule has 0 atom stereocenters. The average molecular weight is 478 g/mol. The zero-order valence-corrected chi connectivity index (χ0v) is 20.1. The fourth-order valence-electron chi connectivity index (χ4n) is 2.75. The van der Waals surface area contributed by atoms with Gasteiger partial charge in [-0.1, -0.05) is 46.2 Å². The molecule has 0 aliphatic rings. The van der Waals surface area contributed by atoms with E-state index in [4.69, 9.17) is 14.2 Å². The molecular weight excluding hydrogens is 446 g/mol. The number of halogens is 1. The minimum atomic E-state index is -0.191. The largest absolute Gasteiger partial charge is 0.493 e. The third-order valence-electron chi connectivity index (χ3n) is 4.63. The molecule has 0 aliphatic carbocycles. The van der Waals surface area contributed by atoms with Crippen molar-refractivity contribution in [3.05, 3.63) is 52.0 Å². The van der Waals surface area contributed by atoms with E-state index in [9.17, 15) is 4.79 Å². The van der Waals surface area contributed by atoms with Crippen LogP contribution in [0.3, 0.4) is 0 Å². The van der Waals surface area contributed by atoms with Crippen LogP contribution in [0.5, 0.6) is 17.2 Å². The van der Waals surface area contributed by atoms with Crippen molar-refractivity contribution in [3.8, 4) is 17.2 Å². The SMILES string of the molecule is CCCCOc1ccc(CNC(=O)COc2ccc(C(C)(C)C)cc2Br)cc1OC. The van der Waals surface area contributed by atoms with Gasteiger partial charge >= 0.3 is 0 Å². The Morgan fingerprint density at radius 1 is 1.03 bits per heavy atom. The zero-order valence-electron chi connectivity index (χ0n) is 18.5. The van der Waals surface area contributed by atoms with Crippen LogP contribution in [0.15, 0.2) is 40.9 Å². The van der Waals surface area contributed by atoms with E-state index >= 15 is 0 Å². The lowest BCUT2D eigenvalue weighted by Crippen LogP contribution is -2.28. The first-order chi connectivity index (χ1) is 14.2. The Bertz CT molecular complexity index is 846. The Kier molecular flexibility index (Phi) is 9.03. The fourth-order valence-corrected chi connectivity index (χ4v) is 3.24. The van der Waals surface area contributed by atoms with Crippen LogP contribution in [0.25, 0.3) is 0 Å². The van der Waals surface area contributed by atoms with Crippen molar-refractivity contribution >= 4 is 21.8 Å². The predicted octanol–water partition coefficient (Wildman–Crippen LogP) is 5.63. The Morgan fingerprint density at radius 2 is 1.77 bits per heavy atom. The lowest BCUT2D eigenvalue weighted by Gasteiger charge is -2.20. The minimum absolute atomic E-state index is 0.0517. The molecule has 6 heteroatoms. The molecule has 0 heterocycles. The monoisotopic (exact) mass is 477 g/mol. The summed E-state index contributed by atoms with van der Waals surface area (Å²) in [6.45, 7) is 9.58. The van der Waals surface area contributed by atoms with Gasteiger partial charge < -0.3 is 19.5 Å². The molecule has 30 heavy (non-hydrogen) atoms. The van der Waals surface area contributed by atoms with Gasteiger partial charge in [0.25, 0.3) is 5.91 Å². The maximum absolute atomic E-state index is 12.2. The van der Waals surface area contributed by atoms with Crippen molar-refractivity contribution in [1.82, 2.24) is 5.32 Å². The van der Waals surface area contributed by atoms with Crippen molar-refractivity contribution in [2.45, 2.75) is 52.5 Å². The molecule has 2 aromatic rings. The van der Waals surface area contributed by atoms with Crippen molar-refractivity contribution in [1.29, 1.82) is 0 Å². The van der Waals surface area contributed by atoms with Gasteiger partial charge in [0.15, 0.2) is 18.1 Å². The summed E-state index contributed by atoms with van der Waals surface area (Å²) in [6.07, 6.45) is 2.07. The highest BCUT2D eigenvalue weighted by molar-refractivity contribution is 9.10. The maximum atomic E-state index is 12.2. The summed E-state index contributed by atoms with van der Waals surface area (Å²) in [5.41, 5.74) is 2.18. The molecule has 0 bridgehead atoms. The van der Waals surface area contributed by atoms with Gasteiger partial charge in [-0.15, -0.1) is 0 Å². The van der Waals surface area contributed by atoms with Gasteiger partial charge in [0.05, 0.1) is 18.2 Å². The van der Waals surface area contributed by atoms with Crippen LogP contribution in [0, 0.1) is 0 Å². The molecular formula is C24H32BrNO4. The van der Waals surface area contributed by atoms with Crippen molar-refractivity contribution in [2.24, 2.45) is 0 Å². The maximum Gasteiger partial charge on any atom is 0.258 e. The number of methoxy groups -OCH3 is 1. The first-order valence-electron chi connectivity index (χ1n) is 10.2. The molecule has 0 fully saturated rings. The minimum Gasteiger partial charge on any atom is -0.493 e. The molecule has 2 aromatic carbocycles. The first kappa shape index (κ1) is 24.1. The van der Waals surface area contributed by atoms with E-state index < -0.39 is 0 Å². The normalized spacial score (nSPS) is 11.1. The zero-order chi connectivity index (χ0) is 22.1. The van der Waals surface area contributed by atoms with E-state index in [1.54, 1.807) is 7.11 Å². The lowest BCUT2D eigenvalue weighted by molar-refractivity contribution is -0.123. The molecule has 0 aromatic heterocycles. The van der Waals surface area contributed by atoms with Crippen molar-refractivity contribution < 1.29 is 19.0 Å². The molecule has 0 aliphatic heterocycles. The first-order valence-corrected chi connectivity index (χ1v) is 11.0. The van der Waals surface area contributed by atoms with Crippen molar-refractivity contribution in [2.75, 3.05) is 20.3 Å². The Hall–Kier alpha value is -2.21. The number of nitrogens with one attached hydrogen (secondary N) is 1. The summed E-state index contributed by atoms with van der Waals surface area (Å²) in [6, 6.07) is 11.6. The van der Waals surface area contributed by atoms with Crippen LogP contribution in [-0.2, 0) is 16.8 Å². The molecule has 2 rings (SSSR count). The van der Waals surface area contributed by atoms with Crippen LogP contribution in [0.1, 0.15) is 51.7 Å². The number of ether oxygens (including phenoxy) is 3. The van der Waals surface area contributed by atoms with E-state index in [1.165, 1.54) is 5.56 Å². The summed E-state index contributed by atoms with van der Waals surface area (Å²) in [7, 11) is 1.61. The summed E-state index contributed by atoms with van der Waals surface area (Å²) < 4.78 is 17.7. The highest BCUT2D eigenvalue weighted by atomic mass is 79.9. The van der Waals surface area contributed by atoms with Crippen LogP contribution in [0.4, 0.5) is 0 Å². The number of amides is 1. The topological polar surface area (TPSA) is 56.8 Å². The quantitative estimate of drug-likeness (QED) is 0.450. The number of carbonyl (C=O) groups excluding carboxylic acids is 1. The number of benzene rings is 2. The van der Waals surface area contributed by atoms with Gasteiger partial charge in [-0.25, -0.2) is 0 Å². The number of carbonyl (C=O) groups is 1. The van der Waals surface area contributed by atoms with Crippen molar-refractivity contribution in [3.63, 3.8) is 0 Å². The van der Waals surface area contributed by atoms with E-state index in [2.05, 4.69) is 48.9 Å². The van der Waals surface area contributed by atoms with Crippen LogP contribution in [0.2, 0.25) is 0 Å². The molecule has 0 saturated carbocycles. The van der Waals surface area contributed by atoms with Gasteiger partial charge in [-0.2, -0.15) is 0 Å². The van der Waals surface area contributed by atoms with E-state index in [-0.39, 0.29) is 17.9 Å². The second-order valence-electron chi connectivity index (χ2n) is 8.15. The number of rotatable bonds is 10. The Balaban J connectivity index is 1.87. The van der Waals surface area contributed by atoms with Gasteiger partial charge in [0.2, 0.25) is 0 Å². The highest BCUT2D eigenvalue weighted by Gasteiger charge is 2.16. The number of unbranched alkanes of at least 4 members (excludes halogenated alkanes) is 1. The highest BCUT2D eigenvalue weighted by Crippen LogP contribution is 2.31. The third kappa shape index (κ3) is 7.24. The Labute approximate surface area is 188 Å². The van der Waals surface area contributed by atoms with Gasteiger partial charge in [-0.05, 0) is 63.2 Å². The molecule has 1 amide bonds. The number of hydrogen-bond acceptors (Lipinski definition) is 4. The second kappa shape index (κ2) is 11.3. The fraction of sp³-hybridized carbons (Fsp3) is 0.458. The van der Waals surface area contributed by atoms with Crippen LogP contribution in [-0.4, -0.2) is 26.2 Å². The van der Waals surface area contributed by atoms with E-state index in [0.29, 0.717) is 30.4 Å². The third-order valence-corrected chi connectivity index (χ3v) is 5.25. The molecule has 5 nitrogen and oxygen atoms in total. The lowest BCUT2D eigenvalue weighted by atomic mass is 9.87. The van der Waals surface area contributed by atoms with Gasteiger partial charge in [0.1, 0.15) is 5.75 Å². The summed E-state index contributed by atoms with van der Waals surface area (Å²) in [5, 5.41) is 2.87. The number of hydrogen-bond donors (Lipinski definition) is 1. The second-order valence-corrected chi connectivity index (χ2v) is 9.00. The standard InChI is InChI=1S/C24H32BrNO4/c1-6-7-12-29-21-10-8-17(13-22(21)28-5)15-26-23(27)16-30-20-11-9-18(14-19(20)25)24(2,3)4/h8-11,13-14H,6-7,12,15-16H2,1-5H3,(H,26,27). The summed E-state index contributed by atoms with van der Waals surface area (Å²) in [4.78, 5) is 12.2. The van der Waals surface area contributed by atoms with E-state index in [1.807, 2.05) is 36.4 Å². The summed E-state index contributed by atoms with van der Waals surface area (Å²) in [5.74, 6) is 1.84. The molecule has 0 spiro atoms. The molecule has 0 radical (unpaired) electrons. The van der Waals surface area contributed by atoms with E-state index in [0.717, 1.165) is 22.9 Å². The van der Waals surface area contributed by atoms with Crippen LogP contribution < -0.4 is 19.5 Å². The van der Waals surface area contributed by atoms with Gasteiger partial charge in [0, 0.05) is 6.54 Å². The molecule has 1 N–H and O–H groups in total. The average Bonchev–Trinajstić information content (AvgIpc) is 2.71. The smallest absolute Gasteiger partial charge is 0.258 e. The predicted molar refractivity (Wildman–Crippen MR) is 124 cm³/mol. The van der Waals surface area contributed by atoms with Gasteiger partial charge in [-0.3, -0.25) is 4.79 Å². The summed E-state index contributed by atoms with van der Waals surface area (Å²) >= 11 is 3.53. The molecule has 0 unspecified atom stereocenters. The molecule has 0 saturated heterocycles. The molecule has 164 valence electrons. The van der Waals surface area contributed by atoms with Crippen LogP contribution >= 0.6 is 15.9 Å². The Morgan fingerprint density at radius 3 is 2.40 bits per heavy atom.